The van der Waals surface area contributed by atoms with E-state index in [2.05, 4.69) is 15.0 Å². The summed E-state index contributed by atoms with van der Waals surface area (Å²) in [5, 5.41) is 0. The van der Waals surface area contributed by atoms with Gasteiger partial charge in [0, 0.05) is 32.4 Å². The number of H-pyrrole nitrogens is 1. The summed E-state index contributed by atoms with van der Waals surface area (Å²) in [6, 6.07) is 6.85. The standard InChI is InChI=1S/C20H20F3N5O2.ClH/c1-2-30-18(29)14-4-3-7-24-17(14)27-8-10-28(11-9-27)19-25-15-6-5-13(20(21,22)23)12-16(15)26-19;/h3-7,12H,2,8-11H2,1H3,(H,25,26);1H. The number of anilines is 2. The lowest BCUT2D eigenvalue weighted by Crippen LogP contribution is -2.47. The number of carbonyl (C=O) groups is 1. The van der Waals surface area contributed by atoms with Gasteiger partial charge in [0.05, 0.1) is 23.2 Å². The first-order valence-electron chi connectivity index (χ1n) is 9.56. The van der Waals surface area contributed by atoms with Gasteiger partial charge < -0.3 is 19.5 Å². The SMILES string of the molecule is CCOC(=O)c1cccnc1N1CCN(c2nc3ccc(C(F)(F)F)cc3[nH]2)CC1.Cl. The minimum absolute atomic E-state index is 0. The largest absolute Gasteiger partial charge is 0.462 e. The van der Waals surface area contributed by atoms with Crippen LogP contribution < -0.4 is 9.80 Å². The molecule has 166 valence electrons. The second-order valence-corrected chi connectivity index (χ2v) is 6.86. The van der Waals surface area contributed by atoms with Crippen molar-refractivity contribution in [1.82, 2.24) is 15.0 Å². The third-order valence-electron chi connectivity index (χ3n) is 4.96. The van der Waals surface area contributed by atoms with Gasteiger partial charge in [0.25, 0.3) is 0 Å². The molecule has 0 radical (unpaired) electrons. The summed E-state index contributed by atoms with van der Waals surface area (Å²) in [6.07, 6.45) is -2.77. The Morgan fingerprint density at radius 1 is 1.16 bits per heavy atom. The number of halogens is 4. The van der Waals surface area contributed by atoms with E-state index in [0.717, 1.165) is 12.1 Å². The third kappa shape index (κ3) is 4.68. The molecule has 0 aliphatic carbocycles. The van der Waals surface area contributed by atoms with Gasteiger partial charge in [-0.15, -0.1) is 12.4 Å². The molecule has 1 saturated heterocycles. The number of ether oxygens (including phenoxy) is 1. The number of benzene rings is 1. The van der Waals surface area contributed by atoms with Crippen molar-refractivity contribution in [2.24, 2.45) is 0 Å². The van der Waals surface area contributed by atoms with Crippen molar-refractivity contribution < 1.29 is 22.7 Å². The molecule has 0 atom stereocenters. The molecule has 7 nitrogen and oxygen atoms in total. The fourth-order valence-corrected chi connectivity index (χ4v) is 3.47. The second kappa shape index (κ2) is 9.01. The number of nitrogens with zero attached hydrogens (tertiary/aromatic N) is 4. The van der Waals surface area contributed by atoms with E-state index in [-0.39, 0.29) is 19.0 Å². The van der Waals surface area contributed by atoms with Gasteiger partial charge >= 0.3 is 12.1 Å². The average molecular weight is 456 g/mol. The monoisotopic (exact) mass is 455 g/mol. The van der Waals surface area contributed by atoms with Gasteiger partial charge in [0.1, 0.15) is 11.4 Å². The summed E-state index contributed by atoms with van der Waals surface area (Å²) in [4.78, 5) is 27.9. The molecule has 0 bridgehead atoms. The Bertz CT molecular complexity index is 1060. The average Bonchev–Trinajstić information content (AvgIpc) is 3.17. The normalized spacial score (nSPS) is 14.5. The maximum Gasteiger partial charge on any atom is 0.416 e. The number of pyridine rings is 1. The van der Waals surface area contributed by atoms with Crippen molar-refractivity contribution in [3.05, 3.63) is 47.7 Å². The van der Waals surface area contributed by atoms with Gasteiger partial charge in [-0.25, -0.2) is 14.8 Å². The molecule has 3 aromatic rings. The van der Waals surface area contributed by atoms with Crippen LogP contribution in [0.15, 0.2) is 36.5 Å². The number of carbonyl (C=O) groups excluding carboxylic acids is 1. The molecule has 31 heavy (non-hydrogen) atoms. The van der Waals surface area contributed by atoms with Gasteiger partial charge in [-0.3, -0.25) is 0 Å². The lowest BCUT2D eigenvalue weighted by molar-refractivity contribution is -0.137. The molecular weight excluding hydrogens is 435 g/mol. The fourth-order valence-electron chi connectivity index (χ4n) is 3.47. The van der Waals surface area contributed by atoms with Crippen LogP contribution in [0.2, 0.25) is 0 Å². The molecule has 1 aromatic carbocycles. The van der Waals surface area contributed by atoms with Gasteiger partial charge in [-0.2, -0.15) is 13.2 Å². The highest BCUT2D eigenvalue weighted by Crippen LogP contribution is 2.31. The van der Waals surface area contributed by atoms with E-state index >= 15 is 0 Å². The Morgan fingerprint density at radius 3 is 2.55 bits per heavy atom. The number of hydrogen-bond acceptors (Lipinski definition) is 6. The van der Waals surface area contributed by atoms with Gasteiger partial charge in [-0.05, 0) is 37.3 Å². The van der Waals surface area contributed by atoms with Crippen molar-refractivity contribution in [3.63, 3.8) is 0 Å². The first-order chi connectivity index (χ1) is 14.4. The minimum Gasteiger partial charge on any atom is -0.462 e. The van der Waals surface area contributed by atoms with Crippen molar-refractivity contribution >= 4 is 41.2 Å². The van der Waals surface area contributed by atoms with Gasteiger partial charge in [0.2, 0.25) is 5.95 Å². The molecule has 1 aliphatic rings. The predicted octanol–water partition coefficient (Wildman–Crippen LogP) is 3.90. The molecule has 11 heteroatoms. The van der Waals surface area contributed by atoms with E-state index in [1.807, 2.05) is 9.80 Å². The highest BCUT2D eigenvalue weighted by molar-refractivity contribution is 5.94. The van der Waals surface area contributed by atoms with Crippen LogP contribution in [0.1, 0.15) is 22.8 Å². The number of hydrogen-bond donors (Lipinski definition) is 1. The zero-order valence-electron chi connectivity index (χ0n) is 16.6. The Balaban J connectivity index is 0.00000272. The quantitative estimate of drug-likeness (QED) is 0.601. The first-order valence-corrected chi connectivity index (χ1v) is 9.56. The number of imidazole rings is 1. The molecule has 0 saturated carbocycles. The molecular formula is C20H21ClF3N5O2. The van der Waals surface area contributed by atoms with Crippen LogP contribution in [0.3, 0.4) is 0 Å². The van der Waals surface area contributed by atoms with Gasteiger partial charge in [-0.1, -0.05) is 0 Å². The van der Waals surface area contributed by atoms with Crippen molar-refractivity contribution in [1.29, 1.82) is 0 Å². The lowest BCUT2D eigenvalue weighted by atomic mass is 10.2. The topological polar surface area (TPSA) is 74.3 Å². The zero-order valence-corrected chi connectivity index (χ0v) is 17.5. The number of aromatic amines is 1. The molecule has 2 aromatic heterocycles. The molecule has 0 amide bonds. The van der Waals surface area contributed by atoms with E-state index in [0.29, 0.717) is 54.5 Å². The Morgan fingerprint density at radius 2 is 1.87 bits per heavy atom. The van der Waals surface area contributed by atoms with Crippen LogP contribution in [0.25, 0.3) is 11.0 Å². The molecule has 1 N–H and O–H groups in total. The van der Waals surface area contributed by atoms with E-state index < -0.39 is 17.7 Å². The smallest absolute Gasteiger partial charge is 0.416 e. The van der Waals surface area contributed by atoms with Crippen LogP contribution in [-0.2, 0) is 10.9 Å². The van der Waals surface area contributed by atoms with Crippen LogP contribution in [0.4, 0.5) is 24.9 Å². The van der Waals surface area contributed by atoms with Crippen molar-refractivity contribution in [2.75, 3.05) is 42.6 Å². The number of rotatable bonds is 4. The van der Waals surface area contributed by atoms with Crippen molar-refractivity contribution in [3.8, 4) is 0 Å². The number of piperazine rings is 1. The highest BCUT2D eigenvalue weighted by Gasteiger charge is 2.31. The maximum absolute atomic E-state index is 12.9. The number of esters is 1. The molecule has 0 unspecified atom stereocenters. The van der Waals surface area contributed by atoms with E-state index in [1.165, 1.54) is 6.07 Å². The minimum atomic E-state index is -4.40. The molecule has 4 rings (SSSR count). The number of nitrogens with one attached hydrogen (secondary N) is 1. The third-order valence-corrected chi connectivity index (χ3v) is 4.96. The Hall–Kier alpha value is -3.01. The van der Waals surface area contributed by atoms with Gasteiger partial charge in [0.15, 0.2) is 0 Å². The van der Waals surface area contributed by atoms with E-state index in [9.17, 15) is 18.0 Å². The van der Waals surface area contributed by atoms with Crippen LogP contribution in [0.5, 0.6) is 0 Å². The highest BCUT2D eigenvalue weighted by atomic mass is 35.5. The number of alkyl halides is 3. The summed E-state index contributed by atoms with van der Waals surface area (Å²) < 4.78 is 43.9. The molecule has 1 aliphatic heterocycles. The summed E-state index contributed by atoms with van der Waals surface area (Å²) in [7, 11) is 0. The predicted molar refractivity (Wildman–Crippen MR) is 113 cm³/mol. The van der Waals surface area contributed by atoms with Crippen molar-refractivity contribution in [2.45, 2.75) is 13.1 Å². The van der Waals surface area contributed by atoms with E-state index in [4.69, 9.17) is 4.74 Å². The zero-order chi connectivity index (χ0) is 21.3. The molecule has 3 heterocycles. The summed E-state index contributed by atoms with van der Waals surface area (Å²) in [5.41, 5.74) is 0.527. The number of fused-ring (bicyclic) bond motifs is 1. The summed E-state index contributed by atoms with van der Waals surface area (Å²) >= 11 is 0. The Labute approximate surface area is 182 Å². The Kier molecular flexibility index (Phi) is 6.59. The van der Waals surface area contributed by atoms with Crippen LogP contribution >= 0.6 is 12.4 Å². The molecule has 0 spiro atoms. The molecule has 1 fully saturated rings. The number of aromatic nitrogens is 3. The summed E-state index contributed by atoms with van der Waals surface area (Å²) in [5.74, 6) is 0.673. The van der Waals surface area contributed by atoms with E-state index in [1.54, 1.807) is 25.3 Å². The summed E-state index contributed by atoms with van der Waals surface area (Å²) in [6.45, 7) is 4.33. The van der Waals surface area contributed by atoms with Crippen LogP contribution in [0, 0.1) is 0 Å². The lowest BCUT2D eigenvalue weighted by Gasteiger charge is -2.35. The maximum atomic E-state index is 12.9. The fraction of sp³-hybridized carbons (Fsp3) is 0.350. The van der Waals surface area contributed by atoms with Crippen LogP contribution in [-0.4, -0.2) is 53.7 Å². The second-order valence-electron chi connectivity index (χ2n) is 6.86. The first kappa shape index (κ1) is 22.7.